The molecule has 2 aliphatic heterocycles. The minimum absolute atomic E-state index is 0.273. The Balaban J connectivity index is 1.34. The predicted octanol–water partition coefficient (Wildman–Crippen LogP) is 2.98. The van der Waals surface area contributed by atoms with Gasteiger partial charge in [-0.15, -0.1) is 0 Å². The van der Waals surface area contributed by atoms with Crippen LogP contribution in [0.15, 0.2) is 36.5 Å². The lowest BCUT2D eigenvalue weighted by molar-refractivity contribution is -0.119. The van der Waals surface area contributed by atoms with Gasteiger partial charge < -0.3 is 9.80 Å². The van der Waals surface area contributed by atoms with Gasteiger partial charge in [-0.25, -0.2) is 9.97 Å². The summed E-state index contributed by atoms with van der Waals surface area (Å²) >= 11 is 0. The molecule has 1 aromatic heterocycles. The molecule has 0 N–H and O–H groups in total. The van der Waals surface area contributed by atoms with Crippen molar-refractivity contribution in [3.8, 4) is 0 Å². The number of hydrogen-bond acceptors (Lipinski definition) is 4. The summed E-state index contributed by atoms with van der Waals surface area (Å²) < 4.78 is 0. The molecule has 1 fully saturated rings. The van der Waals surface area contributed by atoms with Crippen LogP contribution in [0.4, 0.5) is 11.6 Å². The molecule has 3 heterocycles. The second-order valence-electron chi connectivity index (χ2n) is 7.06. The molecular formula is C20H24N4O. The van der Waals surface area contributed by atoms with E-state index in [1.165, 1.54) is 5.56 Å². The zero-order valence-electron chi connectivity index (χ0n) is 14.7. The molecule has 5 nitrogen and oxygen atoms in total. The number of rotatable bonds is 3. The van der Waals surface area contributed by atoms with Gasteiger partial charge in [0.05, 0.1) is 0 Å². The van der Waals surface area contributed by atoms with Crippen molar-refractivity contribution < 1.29 is 4.79 Å². The van der Waals surface area contributed by atoms with Crippen molar-refractivity contribution in [2.24, 2.45) is 5.92 Å². The molecule has 1 saturated heterocycles. The molecular weight excluding hydrogens is 312 g/mol. The molecule has 2 aliphatic rings. The SMILES string of the molecule is Cc1ccnc(N2CCC(CC(=O)N3CCc4ccccc43)CC2)n1. The number of anilines is 2. The van der Waals surface area contributed by atoms with Crippen molar-refractivity contribution >= 4 is 17.5 Å². The molecule has 0 atom stereocenters. The maximum Gasteiger partial charge on any atom is 0.227 e. The molecule has 130 valence electrons. The van der Waals surface area contributed by atoms with Crippen molar-refractivity contribution in [1.29, 1.82) is 0 Å². The third-order valence-corrected chi connectivity index (χ3v) is 5.33. The normalized spacial score (nSPS) is 17.6. The van der Waals surface area contributed by atoms with Crippen LogP contribution in [0.5, 0.6) is 0 Å². The molecule has 0 spiro atoms. The Labute approximate surface area is 148 Å². The summed E-state index contributed by atoms with van der Waals surface area (Å²) in [6, 6.07) is 10.2. The van der Waals surface area contributed by atoms with E-state index in [1.807, 2.05) is 30.2 Å². The van der Waals surface area contributed by atoms with Gasteiger partial charge in [-0.1, -0.05) is 18.2 Å². The second kappa shape index (κ2) is 6.82. The third kappa shape index (κ3) is 3.36. The van der Waals surface area contributed by atoms with Crippen LogP contribution in [0.3, 0.4) is 0 Å². The fourth-order valence-electron chi connectivity index (χ4n) is 3.88. The number of amides is 1. The van der Waals surface area contributed by atoms with Crippen LogP contribution in [0.1, 0.15) is 30.5 Å². The van der Waals surface area contributed by atoms with E-state index in [1.54, 1.807) is 0 Å². The number of aryl methyl sites for hydroxylation is 1. The Morgan fingerprint density at radius 3 is 2.76 bits per heavy atom. The summed E-state index contributed by atoms with van der Waals surface area (Å²) in [7, 11) is 0. The minimum Gasteiger partial charge on any atom is -0.341 e. The van der Waals surface area contributed by atoms with Gasteiger partial charge in [0.15, 0.2) is 0 Å². The topological polar surface area (TPSA) is 49.3 Å². The van der Waals surface area contributed by atoms with E-state index < -0.39 is 0 Å². The minimum atomic E-state index is 0.273. The van der Waals surface area contributed by atoms with Crippen molar-refractivity contribution in [2.45, 2.75) is 32.6 Å². The first-order chi connectivity index (χ1) is 12.2. The molecule has 0 aliphatic carbocycles. The van der Waals surface area contributed by atoms with Crippen molar-refractivity contribution in [2.75, 3.05) is 29.4 Å². The van der Waals surface area contributed by atoms with Crippen molar-refractivity contribution in [3.63, 3.8) is 0 Å². The van der Waals surface area contributed by atoms with Crippen molar-refractivity contribution in [3.05, 3.63) is 47.8 Å². The number of benzene rings is 1. The smallest absolute Gasteiger partial charge is 0.227 e. The highest BCUT2D eigenvalue weighted by Crippen LogP contribution is 2.30. The summed E-state index contributed by atoms with van der Waals surface area (Å²) in [5.74, 6) is 1.55. The maximum atomic E-state index is 12.8. The van der Waals surface area contributed by atoms with Crippen LogP contribution in [-0.4, -0.2) is 35.5 Å². The number of piperidine rings is 1. The van der Waals surface area contributed by atoms with E-state index in [0.717, 1.165) is 56.2 Å². The van der Waals surface area contributed by atoms with Gasteiger partial charge in [-0.05, 0) is 49.8 Å². The Hall–Kier alpha value is -2.43. The molecule has 1 amide bonds. The molecule has 5 heteroatoms. The van der Waals surface area contributed by atoms with E-state index in [4.69, 9.17) is 0 Å². The highest BCUT2D eigenvalue weighted by atomic mass is 16.2. The summed E-state index contributed by atoms with van der Waals surface area (Å²) in [4.78, 5) is 25.9. The molecule has 25 heavy (non-hydrogen) atoms. The van der Waals surface area contributed by atoms with Crippen LogP contribution in [-0.2, 0) is 11.2 Å². The molecule has 2 aromatic rings. The molecule has 4 rings (SSSR count). The van der Waals surface area contributed by atoms with Crippen molar-refractivity contribution in [1.82, 2.24) is 9.97 Å². The fourth-order valence-corrected chi connectivity index (χ4v) is 3.88. The van der Waals surface area contributed by atoms with Crippen LogP contribution < -0.4 is 9.80 Å². The van der Waals surface area contributed by atoms with E-state index in [0.29, 0.717) is 12.3 Å². The van der Waals surface area contributed by atoms with Gasteiger partial charge >= 0.3 is 0 Å². The second-order valence-corrected chi connectivity index (χ2v) is 7.06. The highest BCUT2D eigenvalue weighted by Gasteiger charge is 2.28. The van der Waals surface area contributed by atoms with Crippen LogP contribution in [0, 0.1) is 12.8 Å². The molecule has 1 aromatic carbocycles. The van der Waals surface area contributed by atoms with Gasteiger partial charge in [0, 0.05) is 43.6 Å². The number of fused-ring (bicyclic) bond motifs is 1. The van der Waals surface area contributed by atoms with Crippen LogP contribution in [0.2, 0.25) is 0 Å². The molecule has 0 bridgehead atoms. The monoisotopic (exact) mass is 336 g/mol. The summed E-state index contributed by atoms with van der Waals surface area (Å²) in [5.41, 5.74) is 3.40. The van der Waals surface area contributed by atoms with Gasteiger partial charge in [0.1, 0.15) is 0 Å². The fraction of sp³-hybridized carbons (Fsp3) is 0.450. The lowest BCUT2D eigenvalue weighted by atomic mass is 9.93. The Morgan fingerprint density at radius 2 is 1.96 bits per heavy atom. The van der Waals surface area contributed by atoms with E-state index in [-0.39, 0.29) is 5.91 Å². The zero-order valence-corrected chi connectivity index (χ0v) is 14.7. The Bertz CT molecular complexity index is 768. The van der Waals surface area contributed by atoms with Crippen LogP contribution >= 0.6 is 0 Å². The number of carbonyl (C=O) groups excluding carboxylic acids is 1. The highest BCUT2D eigenvalue weighted by molar-refractivity contribution is 5.95. The number of para-hydroxylation sites is 1. The maximum absolute atomic E-state index is 12.8. The standard InChI is InChI=1S/C20H24N4O/c1-15-6-10-21-20(22-15)23-11-7-16(8-12-23)14-19(25)24-13-9-17-4-2-3-5-18(17)24/h2-6,10,16H,7-9,11-14H2,1H3. The van der Waals surface area contributed by atoms with E-state index in [9.17, 15) is 4.79 Å². The zero-order chi connectivity index (χ0) is 17.2. The van der Waals surface area contributed by atoms with E-state index in [2.05, 4.69) is 33.1 Å². The number of hydrogen-bond donors (Lipinski definition) is 0. The first-order valence-electron chi connectivity index (χ1n) is 9.13. The average molecular weight is 336 g/mol. The number of carbonyl (C=O) groups is 1. The third-order valence-electron chi connectivity index (χ3n) is 5.33. The molecule has 0 radical (unpaired) electrons. The summed E-state index contributed by atoms with van der Waals surface area (Å²) in [6.07, 6.45) is 5.50. The molecule has 0 unspecified atom stereocenters. The first kappa shape index (κ1) is 16.1. The summed E-state index contributed by atoms with van der Waals surface area (Å²) in [6.45, 7) is 4.68. The molecule has 0 saturated carbocycles. The first-order valence-corrected chi connectivity index (χ1v) is 9.13. The quantitative estimate of drug-likeness (QED) is 0.865. The lowest BCUT2D eigenvalue weighted by Gasteiger charge is -2.32. The Kier molecular flexibility index (Phi) is 4.38. The Morgan fingerprint density at radius 1 is 1.16 bits per heavy atom. The predicted molar refractivity (Wildman–Crippen MR) is 98.8 cm³/mol. The lowest BCUT2D eigenvalue weighted by Crippen LogP contribution is -2.37. The van der Waals surface area contributed by atoms with Crippen LogP contribution in [0.25, 0.3) is 0 Å². The number of nitrogens with zero attached hydrogens (tertiary/aromatic N) is 4. The largest absolute Gasteiger partial charge is 0.341 e. The summed E-state index contributed by atoms with van der Waals surface area (Å²) in [5, 5.41) is 0. The average Bonchev–Trinajstić information content (AvgIpc) is 3.06. The van der Waals surface area contributed by atoms with E-state index >= 15 is 0 Å². The van der Waals surface area contributed by atoms with Gasteiger partial charge in [0.25, 0.3) is 0 Å². The number of aromatic nitrogens is 2. The van der Waals surface area contributed by atoms with Gasteiger partial charge in [-0.3, -0.25) is 4.79 Å². The van der Waals surface area contributed by atoms with Gasteiger partial charge in [0.2, 0.25) is 11.9 Å². The van der Waals surface area contributed by atoms with Gasteiger partial charge in [-0.2, -0.15) is 0 Å².